The van der Waals surface area contributed by atoms with E-state index < -0.39 is 12.1 Å². The van der Waals surface area contributed by atoms with Crippen molar-refractivity contribution >= 4 is 50.8 Å². The Bertz CT molecular complexity index is 1380. The summed E-state index contributed by atoms with van der Waals surface area (Å²) in [5.41, 5.74) is 3.64. The summed E-state index contributed by atoms with van der Waals surface area (Å²) in [6, 6.07) is 12.7. The molecular weight excluding hydrogens is 611 g/mol. The lowest BCUT2D eigenvalue weighted by Crippen LogP contribution is -2.38. The lowest BCUT2D eigenvalue weighted by Gasteiger charge is -2.36. The highest BCUT2D eigenvalue weighted by molar-refractivity contribution is 14.1. The van der Waals surface area contributed by atoms with Crippen molar-refractivity contribution in [1.29, 1.82) is 0 Å². The van der Waals surface area contributed by atoms with Crippen molar-refractivity contribution in [1.82, 2.24) is 5.32 Å². The summed E-state index contributed by atoms with van der Waals surface area (Å²) in [6.45, 7) is 9.27. The number of halogens is 1. The summed E-state index contributed by atoms with van der Waals surface area (Å²) in [4.78, 5) is 27.4. The molecule has 0 unspecified atom stereocenters. The second-order valence-electron chi connectivity index (χ2n) is 10.5. The van der Waals surface area contributed by atoms with E-state index in [1.165, 1.54) is 10.4 Å². The van der Waals surface area contributed by atoms with E-state index >= 15 is 0 Å². The number of nitrogens with one attached hydrogen (secondary N) is 2. The minimum Gasteiger partial charge on any atom is -0.490 e. The van der Waals surface area contributed by atoms with E-state index in [1.54, 1.807) is 23.5 Å². The van der Waals surface area contributed by atoms with Crippen molar-refractivity contribution in [3.63, 3.8) is 0 Å². The summed E-state index contributed by atoms with van der Waals surface area (Å²) in [5, 5.41) is 7.62. The molecule has 5 rings (SSSR count). The molecule has 2 N–H and O–H groups in total. The van der Waals surface area contributed by atoms with E-state index in [-0.39, 0.29) is 5.91 Å². The number of carbonyl (C=O) groups excluding carboxylic acids is 2. The molecule has 0 spiro atoms. The zero-order valence-corrected chi connectivity index (χ0v) is 25.1. The highest BCUT2D eigenvalue weighted by atomic mass is 127. The van der Waals surface area contributed by atoms with Crippen molar-refractivity contribution in [3.8, 4) is 11.5 Å². The molecule has 6 nitrogen and oxygen atoms in total. The maximum absolute atomic E-state index is 13.3. The number of thiophene rings is 1. The summed E-state index contributed by atoms with van der Waals surface area (Å²) in [7, 11) is 0. The number of hydrogen-bond donors (Lipinski definition) is 2. The normalized spacial score (nSPS) is 18.6. The molecule has 2 heterocycles. The Hall–Kier alpha value is -2.59. The molecule has 0 bridgehead atoms. The SMILES string of the molecule is CCOc1cc([C@H]2NC(=O)c3c(sc4c3CC[C@H](C(C)(C)CC)C4)N2)ccc1OC(=O)c1ccccc1I. The third-order valence-electron chi connectivity index (χ3n) is 7.96. The Morgan fingerprint density at radius 1 is 1.13 bits per heavy atom. The average molecular weight is 645 g/mol. The van der Waals surface area contributed by atoms with E-state index in [0.717, 1.165) is 45.4 Å². The lowest BCUT2D eigenvalue weighted by molar-refractivity contribution is 0.0727. The van der Waals surface area contributed by atoms with Crippen LogP contribution in [0.5, 0.6) is 11.5 Å². The van der Waals surface area contributed by atoms with E-state index in [2.05, 4.69) is 54.0 Å². The van der Waals surface area contributed by atoms with Crippen LogP contribution in [0.15, 0.2) is 42.5 Å². The Kier molecular flexibility index (Phi) is 7.73. The fourth-order valence-electron chi connectivity index (χ4n) is 5.26. The first-order valence-electron chi connectivity index (χ1n) is 13.2. The highest BCUT2D eigenvalue weighted by Gasteiger charge is 2.37. The molecule has 0 fully saturated rings. The monoisotopic (exact) mass is 644 g/mol. The molecule has 1 aliphatic carbocycles. The highest BCUT2D eigenvalue weighted by Crippen LogP contribution is 2.47. The van der Waals surface area contributed by atoms with Crippen LogP contribution in [0.4, 0.5) is 5.00 Å². The molecule has 0 radical (unpaired) electrons. The van der Waals surface area contributed by atoms with Crippen molar-refractivity contribution in [2.24, 2.45) is 11.3 Å². The van der Waals surface area contributed by atoms with Gasteiger partial charge in [0.2, 0.25) is 0 Å². The standard InChI is InChI=1S/C30H33IN2O4S/c1-5-30(3,4)18-12-13-20-24(16-18)38-28-25(20)27(34)32-26(33-28)17-11-14-22(23(15-17)36-6-2)37-29(35)19-9-7-8-10-21(19)31/h7-11,14-15,18,26,33H,5-6,12-13,16H2,1-4H3,(H,32,34)/t18-,26-/m0/s1. The Morgan fingerprint density at radius 2 is 1.92 bits per heavy atom. The smallest absolute Gasteiger partial charge is 0.344 e. The van der Waals surface area contributed by atoms with Crippen molar-refractivity contribution < 1.29 is 19.1 Å². The van der Waals surface area contributed by atoms with Gasteiger partial charge in [-0.3, -0.25) is 4.79 Å². The number of amides is 1. The van der Waals surface area contributed by atoms with Gasteiger partial charge in [0.1, 0.15) is 11.2 Å². The van der Waals surface area contributed by atoms with E-state index in [9.17, 15) is 9.59 Å². The molecule has 2 atom stereocenters. The topological polar surface area (TPSA) is 76.7 Å². The maximum Gasteiger partial charge on any atom is 0.344 e. The first-order chi connectivity index (χ1) is 18.2. The number of rotatable bonds is 7. The molecule has 0 saturated carbocycles. The van der Waals surface area contributed by atoms with Gasteiger partial charge in [-0.25, -0.2) is 4.79 Å². The molecule has 1 aromatic heterocycles. The number of hydrogen-bond acceptors (Lipinski definition) is 6. The molecule has 3 aromatic rings. The van der Waals surface area contributed by atoms with Crippen molar-refractivity contribution in [2.45, 2.75) is 59.5 Å². The van der Waals surface area contributed by atoms with Gasteiger partial charge in [0.15, 0.2) is 11.5 Å². The Morgan fingerprint density at radius 3 is 2.66 bits per heavy atom. The predicted molar refractivity (Wildman–Crippen MR) is 159 cm³/mol. The minimum absolute atomic E-state index is 0.0402. The van der Waals surface area contributed by atoms with Crippen LogP contribution in [-0.2, 0) is 12.8 Å². The second-order valence-corrected chi connectivity index (χ2v) is 12.8. The molecule has 200 valence electrons. The van der Waals surface area contributed by atoms with Crippen LogP contribution in [0.1, 0.15) is 83.4 Å². The van der Waals surface area contributed by atoms with Gasteiger partial charge in [-0.15, -0.1) is 11.3 Å². The molecule has 0 saturated heterocycles. The van der Waals surface area contributed by atoms with Crippen LogP contribution in [0.25, 0.3) is 0 Å². The number of anilines is 1. The molecule has 1 aliphatic heterocycles. The number of fused-ring (bicyclic) bond motifs is 3. The molecule has 38 heavy (non-hydrogen) atoms. The van der Waals surface area contributed by atoms with Crippen LogP contribution in [-0.4, -0.2) is 18.5 Å². The molecule has 2 aliphatic rings. The van der Waals surface area contributed by atoms with Gasteiger partial charge in [-0.2, -0.15) is 0 Å². The van der Waals surface area contributed by atoms with Crippen molar-refractivity contribution in [3.05, 3.63) is 73.2 Å². The average Bonchev–Trinajstić information content (AvgIpc) is 3.28. The molecule has 2 aromatic carbocycles. The summed E-state index contributed by atoms with van der Waals surface area (Å²) < 4.78 is 12.4. The zero-order valence-electron chi connectivity index (χ0n) is 22.2. The van der Waals surface area contributed by atoms with E-state index in [0.29, 0.717) is 35.0 Å². The van der Waals surface area contributed by atoms with Gasteiger partial charge in [-0.1, -0.05) is 45.4 Å². The van der Waals surface area contributed by atoms with Gasteiger partial charge < -0.3 is 20.1 Å². The van der Waals surface area contributed by atoms with Crippen LogP contribution in [0, 0.1) is 14.9 Å². The number of carbonyl (C=O) groups is 2. The maximum atomic E-state index is 13.3. The van der Waals surface area contributed by atoms with Gasteiger partial charge in [-0.05, 0) is 95.5 Å². The first-order valence-corrected chi connectivity index (χ1v) is 15.1. The van der Waals surface area contributed by atoms with Crippen LogP contribution in [0.2, 0.25) is 0 Å². The van der Waals surface area contributed by atoms with Crippen LogP contribution in [0.3, 0.4) is 0 Å². The van der Waals surface area contributed by atoms with Gasteiger partial charge in [0, 0.05) is 8.45 Å². The van der Waals surface area contributed by atoms with Crippen LogP contribution < -0.4 is 20.1 Å². The Labute approximate surface area is 241 Å². The van der Waals surface area contributed by atoms with E-state index in [1.807, 2.05) is 37.3 Å². The largest absolute Gasteiger partial charge is 0.490 e. The summed E-state index contributed by atoms with van der Waals surface area (Å²) in [6.07, 6.45) is 3.84. The van der Waals surface area contributed by atoms with Crippen molar-refractivity contribution in [2.75, 3.05) is 11.9 Å². The Balaban J connectivity index is 1.38. The predicted octanol–water partition coefficient (Wildman–Crippen LogP) is 7.37. The molecular formula is C30H33IN2O4S. The zero-order chi connectivity index (χ0) is 27.0. The number of esters is 1. The quantitative estimate of drug-likeness (QED) is 0.160. The van der Waals surface area contributed by atoms with Crippen LogP contribution >= 0.6 is 33.9 Å². The fourth-order valence-corrected chi connectivity index (χ4v) is 7.22. The fraction of sp³-hybridized carbons (Fsp3) is 0.400. The third kappa shape index (κ3) is 5.17. The minimum atomic E-state index is -0.439. The molecule has 8 heteroatoms. The van der Waals surface area contributed by atoms with E-state index in [4.69, 9.17) is 9.47 Å². The second kappa shape index (κ2) is 10.9. The van der Waals surface area contributed by atoms with Gasteiger partial charge >= 0.3 is 5.97 Å². The summed E-state index contributed by atoms with van der Waals surface area (Å²) in [5.74, 6) is 0.954. The summed E-state index contributed by atoms with van der Waals surface area (Å²) >= 11 is 3.84. The molecule has 1 amide bonds. The number of ether oxygens (including phenoxy) is 2. The first kappa shape index (κ1) is 27.0. The van der Waals surface area contributed by atoms with Gasteiger partial charge in [0.05, 0.1) is 17.7 Å². The lowest BCUT2D eigenvalue weighted by atomic mass is 9.69. The third-order valence-corrected chi connectivity index (χ3v) is 10.1. The van der Waals surface area contributed by atoms with Gasteiger partial charge in [0.25, 0.3) is 5.91 Å². The number of benzene rings is 2.